The Morgan fingerprint density at radius 3 is 2.29 bits per heavy atom. The molecule has 2 aromatic heterocycles. The number of carbonyl (C=O) groups is 1. The van der Waals surface area contributed by atoms with Gasteiger partial charge in [-0.1, -0.05) is 18.9 Å². The number of amides is 1. The maximum atomic E-state index is 12.8. The van der Waals surface area contributed by atoms with Crippen molar-refractivity contribution in [3.05, 3.63) is 40.5 Å². The van der Waals surface area contributed by atoms with Crippen LogP contribution in [0.4, 0.5) is 6.01 Å². The Balaban J connectivity index is 1.73. The molecule has 166 valence electrons. The predicted octanol–water partition coefficient (Wildman–Crippen LogP) is 3.87. The number of sulfonamides is 1. The summed E-state index contributed by atoms with van der Waals surface area (Å²) in [7, 11) is -3.60. The molecule has 9 nitrogen and oxygen atoms in total. The molecule has 0 atom stereocenters. The van der Waals surface area contributed by atoms with Gasteiger partial charge in [0.2, 0.25) is 10.0 Å². The summed E-state index contributed by atoms with van der Waals surface area (Å²) in [5, 5.41) is 11.2. The van der Waals surface area contributed by atoms with Gasteiger partial charge in [-0.05, 0) is 51.0 Å². The first-order chi connectivity index (χ1) is 14.8. The van der Waals surface area contributed by atoms with Gasteiger partial charge in [-0.3, -0.25) is 10.1 Å². The quantitative estimate of drug-likeness (QED) is 0.511. The van der Waals surface area contributed by atoms with Crippen LogP contribution in [0.3, 0.4) is 0 Å². The lowest BCUT2D eigenvalue weighted by atomic mass is 10.2. The molecule has 0 spiro atoms. The van der Waals surface area contributed by atoms with Crippen molar-refractivity contribution >= 4 is 33.3 Å². The van der Waals surface area contributed by atoms with Crippen molar-refractivity contribution in [3.63, 3.8) is 0 Å². The molecule has 1 amide bonds. The average Bonchev–Trinajstić information content (AvgIpc) is 3.33. The number of rotatable bonds is 9. The van der Waals surface area contributed by atoms with E-state index in [0.717, 1.165) is 28.4 Å². The van der Waals surface area contributed by atoms with Crippen molar-refractivity contribution in [1.82, 2.24) is 19.5 Å². The number of nitrogens with zero attached hydrogens (tertiary/aromatic N) is 4. The smallest absolute Gasteiger partial charge is 0.322 e. The van der Waals surface area contributed by atoms with Gasteiger partial charge in [0.05, 0.1) is 15.6 Å². The number of nitrogens with one attached hydrogen (secondary N) is 1. The van der Waals surface area contributed by atoms with E-state index >= 15 is 0 Å². The lowest BCUT2D eigenvalue weighted by Crippen LogP contribution is -2.32. The fourth-order valence-electron chi connectivity index (χ4n) is 3.04. The molecule has 0 fully saturated rings. The molecule has 31 heavy (non-hydrogen) atoms. The second-order valence-corrected chi connectivity index (χ2v) is 10.1. The van der Waals surface area contributed by atoms with Crippen LogP contribution in [0.25, 0.3) is 10.8 Å². The van der Waals surface area contributed by atoms with Crippen LogP contribution >= 0.6 is 11.3 Å². The number of aryl methyl sites for hydroxylation is 2. The van der Waals surface area contributed by atoms with Gasteiger partial charge in [-0.25, -0.2) is 13.4 Å². The highest BCUT2D eigenvalue weighted by Crippen LogP contribution is 2.29. The second kappa shape index (κ2) is 9.67. The van der Waals surface area contributed by atoms with Gasteiger partial charge < -0.3 is 4.42 Å². The topological polar surface area (TPSA) is 118 Å². The maximum absolute atomic E-state index is 12.8. The molecule has 0 bridgehead atoms. The summed E-state index contributed by atoms with van der Waals surface area (Å²) < 4.78 is 32.7. The minimum Gasteiger partial charge on any atom is -0.402 e. The molecular weight excluding hydrogens is 438 g/mol. The van der Waals surface area contributed by atoms with Crippen LogP contribution in [-0.4, -0.2) is 46.9 Å². The third kappa shape index (κ3) is 5.17. The predicted molar refractivity (Wildman–Crippen MR) is 119 cm³/mol. The highest BCUT2D eigenvalue weighted by atomic mass is 32.2. The lowest BCUT2D eigenvalue weighted by Gasteiger charge is -2.21. The Hall–Kier alpha value is -2.63. The summed E-state index contributed by atoms with van der Waals surface area (Å²) in [5.41, 5.74) is 1.06. The number of thiazole rings is 1. The Labute approximate surface area is 185 Å². The largest absolute Gasteiger partial charge is 0.402 e. The van der Waals surface area contributed by atoms with Gasteiger partial charge in [0.1, 0.15) is 4.88 Å². The minimum atomic E-state index is -3.60. The third-order valence-electron chi connectivity index (χ3n) is 4.44. The first-order valence-electron chi connectivity index (χ1n) is 9.95. The number of carbonyl (C=O) groups excluding carboxylic acids is 1. The summed E-state index contributed by atoms with van der Waals surface area (Å²) in [6, 6.07) is 5.76. The Bertz CT molecular complexity index is 1150. The van der Waals surface area contributed by atoms with Crippen molar-refractivity contribution in [3.8, 4) is 10.8 Å². The monoisotopic (exact) mass is 463 g/mol. The van der Waals surface area contributed by atoms with Crippen molar-refractivity contribution in [1.29, 1.82) is 0 Å². The van der Waals surface area contributed by atoms with Crippen molar-refractivity contribution in [2.45, 2.75) is 45.4 Å². The van der Waals surface area contributed by atoms with Gasteiger partial charge in [0.15, 0.2) is 0 Å². The number of hydrogen-bond acceptors (Lipinski definition) is 8. The highest BCUT2D eigenvalue weighted by molar-refractivity contribution is 7.89. The lowest BCUT2D eigenvalue weighted by molar-refractivity contribution is 0.102. The zero-order valence-corrected chi connectivity index (χ0v) is 19.5. The molecule has 0 radical (unpaired) electrons. The van der Waals surface area contributed by atoms with Gasteiger partial charge in [0.25, 0.3) is 11.8 Å². The van der Waals surface area contributed by atoms with Crippen LogP contribution in [-0.2, 0) is 10.0 Å². The Morgan fingerprint density at radius 1 is 1.10 bits per heavy atom. The van der Waals surface area contributed by atoms with Crippen molar-refractivity contribution in [2.75, 3.05) is 18.4 Å². The molecule has 0 aliphatic heterocycles. The second-order valence-electron chi connectivity index (χ2n) is 6.94. The average molecular weight is 464 g/mol. The van der Waals surface area contributed by atoms with Crippen LogP contribution in [0.5, 0.6) is 0 Å². The van der Waals surface area contributed by atoms with Crippen LogP contribution in [0.15, 0.2) is 33.6 Å². The fraction of sp³-hybridized carbons (Fsp3) is 0.400. The van der Waals surface area contributed by atoms with Crippen LogP contribution < -0.4 is 5.32 Å². The Kier molecular flexibility index (Phi) is 7.19. The molecule has 1 N–H and O–H groups in total. The van der Waals surface area contributed by atoms with E-state index in [9.17, 15) is 13.2 Å². The zero-order valence-electron chi connectivity index (χ0n) is 17.9. The maximum Gasteiger partial charge on any atom is 0.322 e. The normalized spacial score (nSPS) is 11.8. The van der Waals surface area contributed by atoms with E-state index in [-0.39, 0.29) is 22.4 Å². The summed E-state index contributed by atoms with van der Waals surface area (Å²) in [5.74, 6) is -0.192. The summed E-state index contributed by atoms with van der Waals surface area (Å²) >= 11 is 1.43. The standard InChI is InChI=1S/C20H25N5O4S2/c1-5-11-25(12-6-2)31(27,28)16-9-7-15(8-10-16)18(26)22-20-24-23-19(29-20)17-13(3)21-14(4)30-17/h7-10H,5-6,11-12H2,1-4H3,(H,22,24,26). The molecule has 0 unspecified atom stereocenters. The van der Waals surface area contributed by atoms with Gasteiger partial charge in [-0.2, -0.15) is 4.31 Å². The molecule has 0 saturated heterocycles. The van der Waals surface area contributed by atoms with Gasteiger partial charge >= 0.3 is 6.01 Å². The van der Waals surface area contributed by atoms with Crippen molar-refractivity contribution in [2.24, 2.45) is 0 Å². The van der Waals surface area contributed by atoms with E-state index in [1.807, 2.05) is 27.7 Å². The zero-order chi connectivity index (χ0) is 22.6. The Morgan fingerprint density at radius 2 is 1.74 bits per heavy atom. The molecular formula is C20H25N5O4S2. The highest BCUT2D eigenvalue weighted by Gasteiger charge is 2.23. The van der Waals surface area contributed by atoms with E-state index in [4.69, 9.17) is 4.42 Å². The summed E-state index contributed by atoms with van der Waals surface area (Å²) in [4.78, 5) is 17.7. The van der Waals surface area contributed by atoms with Crippen LogP contribution in [0.2, 0.25) is 0 Å². The first-order valence-corrected chi connectivity index (χ1v) is 12.2. The molecule has 3 rings (SSSR count). The minimum absolute atomic E-state index is 0.0424. The van der Waals surface area contributed by atoms with E-state index < -0.39 is 15.9 Å². The SMILES string of the molecule is CCCN(CCC)S(=O)(=O)c1ccc(C(=O)Nc2nnc(-c3sc(C)nc3C)o2)cc1. The van der Waals surface area contributed by atoms with Crippen LogP contribution in [0.1, 0.15) is 47.7 Å². The first kappa shape index (κ1) is 23.0. The molecule has 2 heterocycles. The molecule has 0 aliphatic carbocycles. The number of hydrogen-bond donors (Lipinski definition) is 1. The van der Waals surface area contributed by atoms with E-state index in [0.29, 0.717) is 13.1 Å². The third-order valence-corrected chi connectivity index (χ3v) is 7.42. The van der Waals surface area contributed by atoms with Crippen LogP contribution in [0, 0.1) is 13.8 Å². The number of benzene rings is 1. The van der Waals surface area contributed by atoms with E-state index in [1.54, 1.807) is 0 Å². The molecule has 1 aromatic carbocycles. The molecule has 0 saturated carbocycles. The molecule has 3 aromatic rings. The van der Waals surface area contributed by atoms with E-state index in [1.165, 1.54) is 39.9 Å². The summed E-state index contributed by atoms with van der Waals surface area (Å²) in [6.07, 6.45) is 1.46. The van der Waals surface area contributed by atoms with Gasteiger partial charge in [0, 0.05) is 18.7 Å². The number of aromatic nitrogens is 3. The van der Waals surface area contributed by atoms with Gasteiger partial charge in [-0.15, -0.1) is 16.4 Å². The molecule has 11 heteroatoms. The van der Waals surface area contributed by atoms with E-state index in [2.05, 4.69) is 20.5 Å². The van der Waals surface area contributed by atoms with Crippen molar-refractivity contribution < 1.29 is 17.6 Å². The fourth-order valence-corrected chi connectivity index (χ4v) is 5.51. The molecule has 0 aliphatic rings. The number of anilines is 1. The summed E-state index contributed by atoms with van der Waals surface area (Å²) in [6.45, 7) is 8.51.